The number of amides is 1. The summed E-state index contributed by atoms with van der Waals surface area (Å²) in [7, 11) is 4.18. The molecule has 1 amide bonds. The second-order valence-electron chi connectivity index (χ2n) is 10.3. The highest BCUT2D eigenvalue weighted by Crippen LogP contribution is 2.23. The van der Waals surface area contributed by atoms with Crippen LogP contribution in [-0.4, -0.2) is 48.8 Å². The van der Waals surface area contributed by atoms with Gasteiger partial charge in [0.15, 0.2) is 11.4 Å². The molecule has 0 aliphatic rings. The van der Waals surface area contributed by atoms with Gasteiger partial charge in [0, 0.05) is 44.6 Å². The molecule has 1 aromatic heterocycles. The summed E-state index contributed by atoms with van der Waals surface area (Å²) in [6.45, 7) is 1.41. The first-order chi connectivity index (χ1) is 21.6. The van der Waals surface area contributed by atoms with Crippen LogP contribution in [0.3, 0.4) is 0 Å². The van der Waals surface area contributed by atoms with Crippen LogP contribution in [0, 0.1) is 11.6 Å². The number of aromatic nitrogens is 1. The van der Waals surface area contributed by atoms with Gasteiger partial charge in [-0.3, -0.25) is 9.59 Å². The van der Waals surface area contributed by atoms with Crippen molar-refractivity contribution in [3.63, 3.8) is 0 Å². The Morgan fingerprint density at radius 3 is 2.24 bits per heavy atom. The summed E-state index contributed by atoms with van der Waals surface area (Å²) < 4.78 is 51.4. The zero-order valence-corrected chi connectivity index (χ0v) is 25.4. The molecule has 0 saturated heterocycles. The minimum absolute atomic E-state index is 0.0352. The predicted octanol–water partition coefficient (Wildman–Crippen LogP) is 5.38. The van der Waals surface area contributed by atoms with E-state index < -0.39 is 35.0 Å². The molecule has 1 unspecified atom stereocenters. The van der Waals surface area contributed by atoms with Crippen LogP contribution in [0.4, 0.5) is 8.78 Å². The van der Waals surface area contributed by atoms with Crippen LogP contribution >= 0.6 is 0 Å². The first kappa shape index (κ1) is 32.9. The normalized spacial score (nSPS) is 11.5. The van der Waals surface area contributed by atoms with Crippen molar-refractivity contribution in [2.75, 3.05) is 21.3 Å². The van der Waals surface area contributed by atoms with E-state index in [0.717, 1.165) is 12.1 Å². The third-order valence-corrected chi connectivity index (χ3v) is 7.13. The quantitative estimate of drug-likeness (QED) is 0.185. The molecule has 0 aliphatic carbocycles. The molecule has 11 heteroatoms. The summed E-state index contributed by atoms with van der Waals surface area (Å²) >= 11 is 0. The van der Waals surface area contributed by atoms with E-state index in [1.807, 2.05) is 6.07 Å². The monoisotopic (exact) mass is 620 g/mol. The first-order valence-electron chi connectivity index (χ1n) is 14.1. The third-order valence-electron chi connectivity index (χ3n) is 7.13. The van der Waals surface area contributed by atoms with Crippen LogP contribution in [0.15, 0.2) is 83.8 Å². The standard InChI is InChI=1S/C34H34F2N2O7/c1-22(42-2)17-37-20-28(31(39)32(30(37)34(41)44-4)45-21-24-8-6-5-7-9-24)33(40)38(18-23-10-14-27(43-3)15-11-23)19-25-12-13-26(35)16-29(25)36/h5-16,20,22H,17-19,21H2,1-4H3. The Hall–Kier alpha value is -5.03. The van der Waals surface area contributed by atoms with Crippen molar-refractivity contribution >= 4 is 11.9 Å². The Balaban J connectivity index is 1.85. The van der Waals surface area contributed by atoms with Gasteiger partial charge in [-0.05, 0) is 36.2 Å². The maximum absolute atomic E-state index is 14.8. The van der Waals surface area contributed by atoms with Crippen LogP contribution in [0.2, 0.25) is 0 Å². The van der Waals surface area contributed by atoms with Crippen molar-refractivity contribution in [2.24, 2.45) is 0 Å². The molecule has 0 bridgehead atoms. The number of carbonyl (C=O) groups is 2. The van der Waals surface area contributed by atoms with Gasteiger partial charge in [0.05, 0.1) is 20.3 Å². The van der Waals surface area contributed by atoms with E-state index in [4.69, 9.17) is 18.9 Å². The molecule has 3 aromatic carbocycles. The van der Waals surface area contributed by atoms with E-state index in [9.17, 15) is 23.2 Å². The van der Waals surface area contributed by atoms with Crippen molar-refractivity contribution < 1.29 is 37.3 Å². The summed E-state index contributed by atoms with van der Waals surface area (Å²) in [5, 5.41) is 0. The minimum Gasteiger partial charge on any atom is -0.497 e. The van der Waals surface area contributed by atoms with E-state index in [2.05, 4.69) is 0 Å². The molecule has 0 saturated carbocycles. The highest BCUT2D eigenvalue weighted by Gasteiger charge is 2.29. The molecule has 0 N–H and O–H groups in total. The van der Waals surface area contributed by atoms with E-state index in [-0.39, 0.29) is 48.8 Å². The van der Waals surface area contributed by atoms with E-state index >= 15 is 0 Å². The number of esters is 1. The largest absolute Gasteiger partial charge is 0.497 e. The fraction of sp³-hybridized carbons (Fsp3) is 0.265. The molecule has 0 aliphatic heterocycles. The van der Waals surface area contributed by atoms with Gasteiger partial charge in [-0.15, -0.1) is 0 Å². The highest BCUT2D eigenvalue weighted by molar-refractivity contribution is 5.97. The highest BCUT2D eigenvalue weighted by atomic mass is 19.1. The summed E-state index contributed by atoms with van der Waals surface area (Å²) in [4.78, 5) is 42.6. The Bertz CT molecular complexity index is 1690. The second-order valence-corrected chi connectivity index (χ2v) is 10.3. The number of nitrogens with zero attached hydrogens (tertiary/aromatic N) is 2. The lowest BCUT2D eigenvalue weighted by Gasteiger charge is -2.25. The molecule has 9 nitrogen and oxygen atoms in total. The zero-order chi connectivity index (χ0) is 32.5. The maximum Gasteiger partial charge on any atom is 0.358 e. The minimum atomic E-state index is -0.850. The fourth-order valence-electron chi connectivity index (χ4n) is 4.63. The van der Waals surface area contributed by atoms with Gasteiger partial charge in [0.1, 0.15) is 29.6 Å². The zero-order valence-electron chi connectivity index (χ0n) is 25.4. The van der Waals surface area contributed by atoms with Crippen molar-refractivity contribution in [3.05, 3.63) is 129 Å². The molecule has 4 aromatic rings. The number of carbonyl (C=O) groups excluding carboxylic acids is 2. The van der Waals surface area contributed by atoms with Gasteiger partial charge in [0.25, 0.3) is 5.91 Å². The Morgan fingerprint density at radius 1 is 0.911 bits per heavy atom. The molecular formula is C34H34F2N2O7. The van der Waals surface area contributed by atoms with Crippen LogP contribution in [0.1, 0.15) is 44.5 Å². The summed E-state index contributed by atoms with van der Waals surface area (Å²) in [6.07, 6.45) is 0.814. The number of benzene rings is 3. The first-order valence-corrected chi connectivity index (χ1v) is 14.1. The van der Waals surface area contributed by atoms with Crippen LogP contribution in [0.5, 0.6) is 11.5 Å². The molecule has 0 radical (unpaired) electrons. The van der Waals surface area contributed by atoms with Gasteiger partial charge >= 0.3 is 5.97 Å². The van der Waals surface area contributed by atoms with Gasteiger partial charge in [-0.2, -0.15) is 0 Å². The average Bonchev–Trinajstić information content (AvgIpc) is 3.05. The number of pyridine rings is 1. The number of ether oxygens (including phenoxy) is 4. The molecule has 236 valence electrons. The second kappa shape index (κ2) is 15.1. The molecule has 4 rings (SSSR count). The van der Waals surface area contributed by atoms with Gasteiger partial charge < -0.3 is 28.4 Å². The van der Waals surface area contributed by atoms with Crippen LogP contribution in [-0.2, 0) is 35.7 Å². The smallest absolute Gasteiger partial charge is 0.358 e. The van der Waals surface area contributed by atoms with E-state index in [0.29, 0.717) is 16.9 Å². The number of halogens is 2. The summed E-state index contributed by atoms with van der Waals surface area (Å²) in [6, 6.07) is 18.9. The van der Waals surface area contributed by atoms with E-state index in [1.165, 1.54) is 43.1 Å². The lowest BCUT2D eigenvalue weighted by molar-refractivity contribution is 0.0565. The molecule has 1 heterocycles. The lowest BCUT2D eigenvalue weighted by atomic mass is 10.1. The van der Waals surface area contributed by atoms with Crippen LogP contribution < -0.4 is 14.9 Å². The Morgan fingerprint density at radius 2 is 1.62 bits per heavy atom. The third kappa shape index (κ3) is 8.12. The summed E-state index contributed by atoms with van der Waals surface area (Å²) in [5.74, 6) is -3.01. The number of methoxy groups -OCH3 is 3. The predicted molar refractivity (Wildman–Crippen MR) is 162 cm³/mol. The number of hydrogen-bond acceptors (Lipinski definition) is 7. The summed E-state index contributed by atoms with van der Waals surface area (Å²) in [5.41, 5.74) is 0.0476. The van der Waals surface area contributed by atoms with Crippen molar-refractivity contribution in [1.29, 1.82) is 0 Å². The Labute approximate surface area is 259 Å². The van der Waals surface area contributed by atoms with Gasteiger partial charge in [-0.1, -0.05) is 48.5 Å². The van der Waals surface area contributed by atoms with Crippen molar-refractivity contribution in [2.45, 2.75) is 39.3 Å². The maximum atomic E-state index is 14.8. The average molecular weight is 621 g/mol. The molecule has 0 fully saturated rings. The molecule has 0 spiro atoms. The van der Waals surface area contributed by atoms with E-state index in [1.54, 1.807) is 55.5 Å². The lowest BCUT2D eigenvalue weighted by Crippen LogP contribution is -2.36. The van der Waals surface area contributed by atoms with Crippen molar-refractivity contribution in [1.82, 2.24) is 9.47 Å². The topological polar surface area (TPSA) is 96.3 Å². The Kier molecular flexibility index (Phi) is 11.0. The molecule has 45 heavy (non-hydrogen) atoms. The van der Waals surface area contributed by atoms with Crippen molar-refractivity contribution in [3.8, 4) is 11.5 Å². The van der Waals surface area contributed by atoms with Gasteiger partial charge in [-0.25, -0.2) is 13.6 Å². The van der Waals surface area contributed by atoms with Gasteiger partial charge in [0.2, 0.25) is 5.43 Å². The number of hydrogen-bond donors (Lipinski definition) is 0. The fourth-order valence-corrected chi connectivity index (χ4v) is 4.63. The SMILES string of the molecule is COC(=O)c1c(OCc2ccccc2)c(=O)c(C(=O)N(Cc2ccc(OC)cc2)Cc2ccc(F)cc2F)cn1CC(C)OC. The number of rotatable bonds is 13. The van der Waals surface area contributed by atoms with Crippen LogP contribution in [0.25, 0.3) is 0 Å². The molecule has 1 atom stereocenters. The molecular weight excluding hydrogens is 586 g/mol.